The van der Waals surface area contributed by atoms with E-state index in [0.29, 0.717) is 17.4 Å². The average molecular weight is 1010 g/mol. The summed E-state index contributed by atoms with van der Waals surface area (Å²) in [6.45, 7) is 4.49. The largest absolute Gasteiger partial charge is 0.756 e. The Morgan fingerprint density at radius 3 is 1.31 bits per heavy atom. The molecule has 0 aliphatic rings. The number of phosphoric ester groups is 1. The average Bonchev–Trinajstić information content (AvgIpc) is 3.33. The Balaban J connectivity index is 4.33. The molecule has 0 aromatic carbocycles. The number of carbonyl (C=O) groups excluding carboxylic acids is 1. The van der Waals surface area contributed by atoms with E-state index in [0.717, 1.165) is 96.3 Å². The summed E-state index contributed by atoms with van der Waals surface area (Å²) in [5.41, 5.74) is 0. The van der Waals surface area contributed by atoms with Crippen molar-refractivity contribution in [3.8, 4) is 0 Å². The molecule has 0 aromatic rings. The lowest BCUT2D eigenvalue weighted by Crippen LogP contribution is -2.45. The van der Waals surface area contributed by atoms with Gasteiger partial charge < -0.3 is 28.8 Å². The second kappa shape index (κ2) is 52.3. The van der Waals surface area contributed by atoms with Crippen molar-refractivity contribution in [3.63, 3.8) is 0 Å². The molecule has 0 aliphatic heterocycles. The summed E-state index contributed by atoms with van der Waals surface area (Å²) in [6, 6.07) is -0.928. The van der Waals surface area contributed by atoms with E-state index in [1.807, 2.05) is 27.2 Å². The van der Waals surface area contributed by atoms with Gasteiger partial charge in [-0.15, -0.1) is 0 Å². The minimum absolute atomic E-state index is 0.0183. The number of likely N-dealkylation sites (N-methyl/N-ethyl adjacent to an activating group) is 1. The summed E-state index contributed by atoms with van der Waals surface area (Å²) in [6.07, 6.45) is 75.0. The molecule has 1 amide bonds. The highest BCUT2D eigenvalue weighted by Crippen LogP contribution is 2.38. The summed E-state index contributed by atoms with van der Waals surface area (Å²) in [7, 11) is 1.21. The Hall–Kier alpha value is -2.58. The molecule has 2 N–H and O–H groups in total. The van der Waals surface area contributed by atoms with Crippen LogP contribution in [0.15, 0.2) is 97.2 Å². The number of quaternary nitrogens is 1. The highest BCUT2D eigenvalue weighted by molar-refractivity contribution is 7.45. The second-order valence-electron chi connectivity index (χ2n) is 20.6. The Bertz CT molecular complexity index is 1470. The zero-order chi connectivity index (χ0) is 52.0. The summed E-state index contributed by atoms with van der Waals surface area (Å²) in [5, 5.41) is 13.8. The van der Waals surface area contributed by atoms with Crippen LogP contribution in [-0.2, 0) is 18.4 Å². The van der Waals surface area contributed by atoms with Gasteiger partial charge in [0, 0.05) is 6.42 Å². The molecule has 8 nitrogen and oxygen atoms in total. The predicted molar refractivity (Wildman–Crippen MR) is 306 cm³/mol. The number of phosphoric acid groups is 1. The van der Waals surface area contributed by atoms with Crippen molar-refractivity contribution >= 4 is 13.7 Å². The molecule has 0 saturated carbocycles. The first-order valence-corrected chi connectivity index (χ1v) is 30.6. The van der Waals surface area contributed by atoms with Gasteiger partial charge in [0.2, 0.25) is 5.91 Å². The molecule has 0 spiro atoms. The van der Waals surface area contributed by atoms with Crippen molar-refractivity contribution in [2.75, 3.05) is 40.9 Å². The molecule has 0 radical (unpaired) electrons. The highest BCUT2D eigenvalue weighted by Gasteiger charge is 2.23. The number of unbranched alkanes of at least 4 members (excludes halogenated alkanes) is 25. The third-order valence-corrected chi connectivity index (χ3v) is 13.5. The van der Waals surface area contributed by atoms with Crippen molar-refractivity contribution in [1.29, 1.82) is 0 Å². The van der Waals surface area contributed by atoms with E-state index < -0.39 is 26.6 Å². The third-order valence-electron chi connectivity index (χ3n) is 12.5. The SMILES string of the molecule is CC/C=C\C/C=C\C/C=C\C/C=C\C/C=C\CCCCCCCC(=O)NC(COP(=O)([O-])OCC[N+](C)(C)C)C(O)/C=C/CC/C=C/CC/C=C/CCCCCCCCCCCCCCCCCCCC. The van der Waals surface area contributed by atoms with Gasteiger partial charge in [0.15, 0.2) is 0 Å². The lowest BCUT2D eigenvalue weighted by Gasteiger charge is -2.29. The lowest BCUT2D eigenvalue weighted by molar-refractivity contribution is -0.870. The molecular weight excluding hydrogens is 900 g/mol. The van der Waals surface area contributed by atoms with Crippen LogP contribution in [0.4, 0.5) is 0 Å². The van der Waals surface area contributed by atoms with Crippen molar-refractivity contribution in [2.45, 2.75) is 251 Å². The Kier molecular flexibility index (Phi) is 50.4. The minimum Gasteiger partial charge on any atom is -0.756 e. The van der Waals surface area contributed by atoms with Gasteiger partial charge in [-0.2, -0.15) is 0 Å². The van der Waals surface area contributed by atoms with E-state index in [1.165, 1.54) is 122 Å². The maximum atomic E-state index is 12.9. The number of rotatable bonds is 52. The second-order valence-corrected chi connectivity index (χ2v) is 22.0. The van der Waals surface area contributed by atoms with E-state index >= 15 is 0 Å². The molecule has 3 unspecified atom stereocenters. The molecule has 0 aliphatic carbocycles. The van der Waals surface area contributed by atoms with Gasteiger partial charge >= 0.3 is 0 Å². The number of nitrogens with zero attached hydrogens (tertiary/aromatic N) is 1. The minimum atomic E-state index is -4.62. The van der Waals surface area contributed by atoms with Gasteiger partial charge in [-0.1, -0.05) is 239 Å². The molecule has 3 atom stereocenters. The fourth-order valence-corrected chi connectivity index (χ4v) is 8.70. The van der Waals surface area contributed by atoms with Crippen LogP contribution >= 0.6 is 7.82 Å². The first-order valence-electron chi connectivity index (χ1n) is 29.1. The molecule has 0 saturated heterocycles. The monoisotopic (exact) mass is 1010 g/mol. The number of hydrogen-bond donors (Lipinski definition) is 2. The van der Waals surface area contributed by atoms with E-state index in [9.17, 15) is 19.4 Å². The molecule has 0 aromatic heterocycles. The number of allylic oxidation sites excluding steroid dienone is 15. The van der Waals surface area contributed by atoms with Gasteiger partial charge in [0.1, 0.15) is 13.2 Å². The van der Waals surface area contributed by atoms with Gasteiger partial charge in [-0.05, 0) is 89.9 Å². The van der Waals surface area contributed by atoms with Crippen LogP contribution in [0, 0.1) is 0 Å². The molecular formula is C62H111N2O6P. The fourth-order valence-electron chi connectivity index (χ4n) is 7.98. The van der Waals surface area contributed by atoms with Crippen LogP contribution in [0.3, 0.4) is 0 Å². The number of carbonyl (C=O) groups is 1. The van der Waals surface area contributed by atoms with E-state index in [-0.39, 0.29) is 12.5 Å². The lowest BCUT2D eigenvalue weighted by atomic mass is 10.0. The highest BCUT2D eigenvalue weighted by atomic mass is 31.2. The standard InChI is InChI=1S/C62H111N2O6P/c1-6-8-10-12-14-16-18-20-22-24-26-28-29-30-31-32-33-34-36-37-39-41-43-45-47-49-51-53-55-61(65)60(59-70-71(67,68)69-58-57-64(3,4)5)63-62(66)56-54-52-50-48-46-44-42-40-38-35-27-25-23-21-19-17-15-13-11-9-7-2/h9,11,15,17,21,23,27,35,37,39-40,42,45,47,53,55,60-61,65H,6-8,10,12-14,16,18-20,22,24-26,28-34,36,38,41,43-44,46,48-52,54,56-59H2,1-5H3,(H-,63,66,67,68)/b11-9-,17-15-,23-21-,35-27-,39-37+,42-40-,47-45+,55-53+. The van der Waals surface area contributed by atoms with E-state index in [4.69, 9.17) is 9.05 Å². The molecule has 9 heteroatoms. The van der Waals surface area contributed by atoms with Crippen molar-refractivity contribution < 1.29 is 32.9 Å². The predicted octanol–water partition coefficient (Wildman–Crippen LogP) is 17.2. The number of amides is 1. The number of aliphatic hydroxyl groups excluding tert-OH is 1. The summed E-state index contributed by atoms with van der Waals surface area (Å²) in [5.74, 6) is -0.233. The third kappa shape index (κ3) is 55.0. The summed E-state index contributed by atoms with van der Waals surface area (Å²) < 4.78 is 23.3. The zero-order valence-electron chi connectivity index (χ0n) is 46.6. The summed E-state index contributed by atoms with van der Waals surface area (Å²) in [4.78, 5) is 25.5. The van der Waals surface area contributed by atoms with Crippen molar-refractivity contribution in [3.05, 3.63) is 97.2 Å². The topological polar surface area (TPSA) is 108 Å². The molecule has 0 heterocycles. The number of aliphatic hydroxyl groups is 1. The smallest absolute Gasteiger partial charge is 0.268 e. The van der Waals surface area contributed by atoms with Gasteiger partial charge in [0.05, 0.1) is 39.9 Å². The normalized spacial score (nSPS) is 14.6. The molecule has 410 valence electrons. The number of nitrogens with one attached hydrogen (secondary N) is 1. The molecule has 0 rings (SSSR count). The maximum absolute atomic E-state index is 12.9. The van der Waals surface area contributed by atoms with Crippen LogP contribution in [0.1, 0.15) is 239 Å². The fraction of sp³-hybridized carbons (Fsp3) is 0.726. The van der Waals surface area contributed by atoms with Gasteiger partial charge in [0.25, 0.3) is 7.82 Å². The van der Waals surface area contributed by atoms with E-state index in [2.05, 4.69) is 104 Å². The quantitative estimate of drug-likeness (QED) is 0.0272. The number of hydrogen-bond acceptors (Lipinski definition) is 6. The van der Waals surface area contributed by atoms with Crippen molar-refractivity contribution in [1.82, 2.24) is 5.32 Å². The van der Waals surface area contributed by atoms with Crippen LogP contribution in [0.2, 0.25) is 0 Å². The van der Waals surface area contributed by atoms with Crippen LogP contribution in [0.5, 0.6) is 0 Å². The van der Waals surface area contributed by atoms with Crippen molar-refractivity contribution in [2.24, 2.45) is 0 Å². The van der Waals surface area contributed by atoms with Crippen LogP contribution < -0.4 is 10.2 Å². The Labute approximate surface area is 439 Å². The first-order chi connectivity index (χ1) is 34.5. The van der Waals surface area contributed by atoms with Crippen LogP contribution in [-0.4, -0.2) is 68.5 Å². The first kappa shape index (κ1) is 68.4. The maximum Gasteiger partial charge on any atom is 0.268 e. The molecule has 0 fully saturated rings. The molecule has 0 bridgehead atoms. The van der Waals surface area contributed by atoms with Crippen LogP contribution in [0.25, 0.3) is 0 Å². The van der Waals surface area contributed by atoms with E-state index in [1.54, 1.807) is 6.08 Å². The van der Waals surface area contributed by atoms with Gasteiger partial charge in [-0.3, -0.25) is 9.36 Å². The van der Waals surface area contributed by atoms with Gasteiger partial charge in [-0.25, -0.2) is 0 Å². The Morgan fingerprint density at radius 1 is 0.507 bits per heavy atom. The zero-order valence-corrected chi connectivity index (χ0v) is 47.5. The molecule has 71 heavy (non-hydrogen) atoms. The summed E-state index contributed by atoms with van der Waals surface area (Å²) >= 11 is 0. The Morgan fingerprint density at radius 2 is 0.873 bits per heavy atom.